The van der Waals surface area contributed by atoms with Crippen molar-refractivity contribution in [1.29, 1.82) is 5.26 Å². The summed E-state index contributed by atoms with van der Waals surface area (Å²) in [5.74, 6) is -3.14. The fraction of sp³-hybridized carbons (Fsp3) is 0.161. The molecule has 0 fully saturated rings. The SMILES string of the molecule is COC(=O)C1=C(C(=O)OC)N(c2ccccc2C(=O)N2CCc3ccccc32)C(N)=C(C#N)C1c1ccccc1. The van der Waals surface area contributed by atoms with Crippen molar-refractivity contribution in [3.63, 3.8) is 0 Å². The number of allylic oxidation sites excluding steroid dienone is 1. The van der Waals surface area contributed by atoms with Crippen molar-refractivity contribution in [3.8, 4) is 6.07 Å². The number of esters is 2. The molecule has 2 aliphatic heterocycles. The summed E-state index contributed by atoms with van der Waals surface area (Å²) in [6, 6.07) is 25.1. The molecule has 200 valence electrons. The van der Waals surface area contributed by atoms with Crippen LogP contribution >= 0.6 is 0 Å². The van der Waals surface area contributed by atoms with Crippen LogP contribution in [0.4, 0.5) is 11.4 Å². The minimum atomic E-state index is -1.00. The van der Waals surface area contributed by atoms with E-state index in [4.69, 9.17) is 15.2 Å². The number of nitriles is 1. The predicted molar refractivity (Wildman–Crippen MR) is 148 cm³/mol. The summed E-state index contributed by atoms with van der Waals surface area (Å²) in [5.41, 5.74) is 9.15. The molecule has 0 saturated heterocycles. The van der Waals surface area contributed by atoms with E-state index in [9.17, 15) is 19.6 Å². The summed E-state index contributed by atoms with van der Waals surface area (Å²) in [5, 5.41) is 10.3. The van der Waals surface area contributed by atoms with E-state index in [1.165, 1.54) is 19.1 Å². The number of nitrogens with zero attached hydrogens (tertiary/aromatic N) is 3. The second-order valence-electron chi connectivity index (χ2n) is 9.19. The van der Waals surface area contributed by atoms with Gasteiger partial charge in [0.25, 0.3) is 5.91 Å². The highest BCUT2D eigenvalue weighted by Gasteiger charge is 2.44. The van der Waals surface area contributed by atoms with Crippen LogP contribution in [0, 0.1) is 11.3 Å². The number of carbonyl (C=O) groups is 3. The highest BCUT2D eigenvalue weighted by atomic mass is 16.5. The van der Waals surface area contributed by atoms with E-state index in [0.717, 1.165) is 11.3 Å². The maximum atomic E-state index is 14.0. The quantitative estimate of drug-likeness (QED) is 0.490. The fourth-order valence-corrected chi connectivity index (χ4v) is 5.31. The smallest absolute Gasteiger partial charge is 0.355 e. The summed E-state index contributed by atoms with van der Waals surface area (Å²) < 4.78 is 10.2. The third-order valence-corrected chi connectivity index (χ3v) is 7.12. The lowest BCUT2D eigenvalue weighted by Crippen LogP contribution is -2.42. The molecule has 40 heavy (non-hydrogen) atoms. The van der Waals surface area contributed by atoms with E-state index in [1.54, 1.807) is 59.5 Å². The molecule has 9 heteroatoms. The van der Waals surface area contributed by atoms with Gasteiger partial charge < -0.3 is 20.1 Å². The molecule has 2 heterocycles. The Bertz CT molecular complexity index is 1620. The van der Waals surface area contributed by atoms with E-state index < -0.39 is 17.9 Å². The molecule has 3 aromatic rings. The molecule has 0 saturated carbocycles. The summed E-state index contributed by atoms with van der Waals surface area (Å²) >= 11 is 0. The molecule has 2 aliphatic rings. The molecule has 0 bridgehead atoms. The van der Waals surface area contributed by atoms with Crippen molar-refractivity contribution < 1.29 is 23.9 Å². The largest absolute Gasteiger partial charge is 0.466 e. The lowest BCUT2D eigenvalue weighted by atomic mass is 9.80. The number of fused-ring (bicyclic) bond motifs is 1. The molecular formula is C31H26N4O5. The Hall–Kier alpha value is -5.36. The number of para-hydroxylation sites is 2. The van der Waals surface area contributed by atoms with Crippen LogP contribution < -0.4 is 15.5 Å². The molecule has 0 radical (unpaired) electrons. The van der Waals surface area contributed by atoms with Crippen LogP contribution in [0.5, 0.6) is 0 Å². The molecule has 2 N–H and O–H groups in total. The van der Waals surface area contributed by atoms with Crippen LogP contribution in [-0.4, -0.2) is 38.6 Å². The molecule has 0 aromatic heterocycles. The second kappa shape index (κ2) is 10.8. The Morgan fingerprint density at radius 3 is 2.17 bits per heavy atom. The predicted octanol–water partition coefficient (Wildman–Crippen LogP) is 3.79. The van der Waals surface area contributed by atoms with Crippen LogP contribution in [0.3, 0.4) is 0 Å². The zero-order valence-corrected chi connectivity index (χ0v) is 22.0. The average Bonchev–Trinajstić information content (AvgIpc) is 3.44. The Kier molecular flexibility index (Phi) is 7.08. The van der Waals surface area contributed by atoms with Crippen molar-refractivity contribution in [2.75, 3.05) is 30.6 Å². The molecule has 3 aromatic carbocycles. The number of anilines is 2. The van der Waals surface area contributed by atoms with Gasteiger partial charge in [0.05, 0.1) is 48.6 Å². The lowest BCUT2D eigenvalue weighted by Gasteiger charge is -2.36. The van der Waals surface area contributed by atoms with Gasteiger partial charge in [0.1, 0.15) is 11.5 Å². The number of nitrogens with two attached hydrogens (primary N) is 1. The molecule has 0 spiro atoms. The van der Waals surface area contributed by atoms with Gasteiger partial charge >= 0.3 is 11.9 Å². The van der Waals surface area contributed by atoms with Crippen LogP contribution in [-0.2, 0) is 25.5 Å². The number of hydrogen-bond donors (Lipinski definition) is 1. The van der Waals surface area contributed by atoms with Crippen molar-refractivity contribution in [2.45, 2.75) is 12.3 Å². The number of hydrogen-bond acceptors (Lipinski definition) is 8. The first kappa shape index (κ1) is 26.3. The first-order valence-electron chi connectivity index (χ1n) is 12.6. The van der Waals surface area contributed by atoms with Crippen LogP contribution in [0.2, 0.25) is 0 Å². The highest BCUT2D eigenvalue weighted by Crippen LogP contribution is 2.44. The maximum absolute atomic E-state index is 14.0. The molecule has 5 rings (SSSR count). The van der Waals surface area contributed by atoms with Crippen molar-refractivity contribution >= 4 is 29.2 Å². The molecule has 1 atom stereocenters. The first-order valence-corrected chi connectivity index (χ1v) is 12.6. The standard InChI is InChI=1S/C31H26N4O5/c1-39-30(37)26-25(20-11-4-3-5-12-20)22(18-32)28(33)35(27(26)31(38)40-2)24-15-9-7-13-21(24)29(36)34-17-16-19-10-6-8-14-23(19)34/h3-15,25H,16-17,33H2,1-2H3. The molecule has 1 unspecified atom stereocenters. The topological polar surface area (TPSA) is 126 Å². The van der Waals surface area contributed by atoms with Gasteiger partial charge in [-0.05, 0) is 35.7 Å². The Balaban J connectivity index is 1.75. The Morgan fingerprint density at radius 1 is 0.875 bits per heavy atom. The maximum Gasteiger partial charge on any atom is 0.355 e. The second-order valence-corrected chi connectivity index (χ2v) is 9.19. The normalized spacial score (nSPS) is 16.4. The van der Waals surface area contributed by atoms with E-state index >= 15 is 0 Å². The zero-order valence-electron chi connectivity index (χ0n) is 22.0. The number of rotatable bonds is 5. The van der Waals surface area contributed by atoms with Gasteiger partial charge in [0.15, 0.2) is 0 Å². The number of benzene rings is 3. The zero-order chi connectivity index (χ0) is 28.4. The van der Waals surface area contributed by atoms with Gasteiger partial charge in [0, 0.05) is 12.2 Å². The number of ether oxygens (including phenoxy) is 2. The van der Waals surface area contributed by atoms with Gasteiger partial charge in [-0.25, -0.2) is 9.59 Å². The van der Waals surface area contributed by atoms with Crippen molar-refractivity contribution in [3.05, 3.63) is 118 Å². The number of amides is 1. The van der Waals surface area contributed by atoms with E-state index in [1.807, 2.05) is 24.3 Å². The summed E-state index contributed by atoms with van der Waals surface area (Å²) in [4.78, 5) is 43.7. The number of carbonyl (C=O) groups excluding carboxylic acids is 3. The minimum absolute atomic E-state index is 0.0213. The summed E-state index contributed by atoms with van der Waals surface area (Å²) in [6.07, 6.45) is 0.701. The van der Waals surface area contributed by atoms with Gasteiger partial charge in [-0.1, -0.05) is 60.7 Å². The summed E-state index contributed by atoms with van der Waals surface area (Å²) in [7, 11) is 2.37. The van der Waals surface area contributed by atoms with Crippen molar-refractivity contribution in [2.24, 2.45) is 5.73 Å². The molecule has 9 nitrogen and oxygen atoms in total. The molecular weight excluding hydrogens is 508 g/mol. The molecule has 0 aliphatic carbocycles. The van der Waals surface area contributed by atoms with Gasteiger partial charge in [-0.3, -0.25) is 9.69 Å². The monoisotopic (exact) mass is 534 g/mol. The lowest BCUT2D eigenvalue weighted by molar-refractivity contribution is -0.139. The van der Waals surface area contributed by atoms with Crippen molar-refractivity contribution in [1.82, 2.24) is 0 Å². The van der Waals surface area contributed by atoms with E-state index in [-0.39, 0.29) is 39.8 Å². The highest BCUT2D eigenvalue weighted by molar-refractivity contribution is 6.13. The Morgan fingerprint density at radius 2 is 1.50 bits per heavy atom. The van der Waals surface area contributed by atoms with E-state index in [2.05, 4.69) is 6.07 Å². The third-order valence-electron chi connectivity index (χ3n) is 7.12. The Labute approximate surface area is 231 Å². The fourth-order valence-electron chi connectivity index (χ4n) is 5.31. The van der Waals surface area contributed by atoms with Crippen LogP contribution in [0.25, 0.3) is 0 Å². The van der Waals surface area contributed by atoms with E-state index in [0.29, 0.717) is 18.5 Å². The van der Waals surface area contributed by atoms with Gasteiger partial charge in [-0.15, -0.1) is 0 Å². The minimum Gasteiger partial charge on any atom is -0.466 e. The number of methoxy groups -OCH3 is 2. The average molecular weight is 535 g/mol. The third kappa shape index (κ3) is 4.25. The molecule has 1 amide bonds. The first-order chi connectivity index (χ1) is 19.4. The van der Waals surface area contributed by atoms with Crippen LogP contribution in [0.1, 0.15) is 27.4 Å². The van der Waals surface area contributed by atoms with Gasteiger partial charge in [-0.2, -0.15) is 5.26 Å². The van der Waals surface area contributed by atoms with Crippen LogP contribution in [0.15, 0.2) is 102 Å². The van der Waals surface area contributed by atoms with Gasteiger partial charge in [0.2, 0.25) is 0 Å². The summed E-state index contributed by atoms with van der Waals surface area (Å²) in [6.45, 7) is 0.477.